The lowest BCUT2D eigenvalue weighted by molar-refractivity contribution is 0.354. The van der Waals surface area contributed by atoms with Crippen LogP contribution in [0.3, 0.4) is 0 Å². The van der Waals surface area contributed by atoms with Crippen LogP contribution in [0.4, 0.5) is 5.82 Å². The molecule has 126 valence electrons. The molecule has 2 saturated heterocycles. The summed E-state index contributed by atoms with van der Waals surface area (Å²) < 4.78 is 0. The third-order valence-corrected chi connectivity index (χ3v) is 5.40. The molecule has 6 heteroatoms. The number of hydrogen-bond acceptors (Lipinski definition) is 5. The van der Waals surface area contributed by atoms with Gasteiger partial charge in [0, 0.05) is 25.0 Å². The minimum absolute atomic E-state index is 0.323. The van der Waals surface area contributed by atoms with Gasteiger partial charge in [-0.3, -0.25) is 5.43 Å². The lowest BCUT2D eigenvalue weighted by Crippen LogP contribution is -2.45. The largest absolute Gasteiger partial charge is 0.355 e. The summed E-state index contributed by atoms with van der Waals surface area (Å²) in [4.78, 5) is 2.31. The zero-order valence-corrected chi connectivity index (χ0v) is 14.5. The molecule has 0 aliphatic carbocycles. The van der Waals surface area contributed by atoms with E-state index in [1.165, 1.54) is 11.1 Å². The highest BCUT2D eigenvalue weighted by atomic mass is 35.5. The molecular formula is C18H22ClN5. The van der Waals surface area contributed by atoms with E-state index in [9.17, 15) is 0 Å². The van der Waals surface area contributed by atoms with Gasteiger partial charge in [-0.2, -0.15) is 0 Å². The van der Waals surface area contributed by atoms with Crippen molar-refractivity contribution in [3.63, 3.8) is 0 Å². The molecule has 2 N–H and O–H groups in total. The molecular weight excluding hydrogens is 322 g/mol. The van der Waals surface area contributed by atoms with Crippen LogP contribution in [0.25, 0.3) is 0 Å². The van der Waals surface area contributed by atoms with Crippen LogP contribution in [-0.4, -0.2) is 29.3 Å². The molecule has 2 fully saturated rings. The van der Waals surface area contributed by atoms with Gasteiger partial charge in [0.2, 0.25) is 0 Å². The van der Waals surface area contributed by atoms with Crippen molar-refractivity contribution in [1.82, 2.24) is 21.0 Å². The van der Waals surface area contributed by atoms with Gasteiger partial charge >= 0.3 is 0 Å². The highest BCUT2D eigenvalue weighted by molar-refractivity contribution is 6.29. The van der Waals surface area contributed by atoms with Crippen LogP contribution in [0.2, 0.25) is 5.15 Å². The van der Waals surface area contributed by atoms with Crippen molar-refractivity contribution in [1.29, 1.82) is 0 Å². The molecule has 5 nitrogen and oxygen atoms in total. The van der Waals surface area contributed by atoms with Crippen molar-refractivity contribution in [3.05, 3.63) is 52.7 Å². The Morgan fingerprint density at radius 2 is 1.96 bits per heavy atom. The molecule has 0 bridgehead atoms. The minimum atomic E-state index is 0.323. The summed E-state index contributed by atoms with van der Waals surface area (Å²) in [6.07, 6.45) is 2.16. The van der Waals surface area contributed by atoms with Crippen LogP contribution in [-0.2, 0) is 6.42 Å². The highest BCUT2D eigenvalue weighted by Crippen LogP contribution is 2.35. The van der Waals surface area contributed by atoms with Crippen molar-refractivity contribution in [3.8, 4) is 0 Å². The number of aromatic nitrogens is 2. The number of hydrazine groups is 1. The van der Waals surface area contributed by atoms with E-state index in [0.29, 0.717) is 23.2 Å². The Bertz CT molecular complexity index is 688. The number of halogens is 1. The zero-order valence-electron chi connectivity index (χ0n) is 13.7. The monoisotopic (exact) mass is 343 g/mol. The number of rotatable bonds is 3. The summed E-state index contributed by atoms with van der Waals surface area (Å²) in [5.74, 6) is 1.41. The SMILES string of the molecule is CCc1ccc(C2NNC3CCN(c4ccc(Cl)nn4)CC32)cc1. The maximum atomic E-state index is 5.86. The number of nitrogens with zero attached hydrogens (tertiary/aromatic N) is 3. The summed E-state index contributed by atoms with van der Waals surface area (Å²) in [6, 6.07) is 13.5. The molecule has 3 heterocycles. The van der Waals surface area contributed by atoms with E-state index in [-0.39, 0.29) is 0 Å². The smallest absolute Gasteiger partial charge is 0.151 e. The summed E-state index contributed by atoms with van der Waals surface area (Å²) in [5, 5.41) is 8.66. The second kappa shape index (κ2) is 6.67. The maximum absolute atomic E-state index is 5.86. The first-order valence-corrected chi connectivity index (χ1v) is 8.96. The first-order chi connectivity index (χ1) is 11.7. The van der Waals surface area contributed by atoms with E-state index >= 15 is 0 Å². The van der Waals surface area contributed by atoms with Crippen molar-refractivity contribution in [2.75, 3.05) is 18.0 Å². The second-order valence-electron chi connectivity index (χ2n) is 6.58. The fourth-order valence-electron chi connectivity index (χ4n) is 3.78. The predicted octanol–water partition coefficient (Wildman–Crippen LogP) is 2.74. The summed E-state index contributed by atoms with van der Waals surface area (Å²) in [7, 11) is 0. The van der Waals surface area contributed by atoms with Crippen LogP contribution in [0, 0.1) is 5.92 Å². The zero-order chi connectivity index (χ0) is 16.5. The normalized spacial score (nSPS) is 26.4. The van der Waals surface area contributed by atoms with Gasteiger partial charge in [-0.25, -0.2) is 5.43 Å². The molecule has 0 amide bonds. The molecule has 24 heavy (non-hydrogen) atoms. The Balaban J connectivity index is 1.53. The topological polar surface area (TPSA) is 53.1 Å². The van der Waals surface area contributed by atoms with Crippen LogP contribution < -0.4 is 15.8 Å². The molecule has 3 atom stereocenters. The second-order valence-corrected chi connectivity index (χ2v) is 6.97. The quantitative estimate of drug-likeness (QED) is 0.897. The molecule has 0 saturated carbocycles. The van der Waals surface area contributed by atoms with E-state index in [4.69, 9.17) is 11.6 Å². The Labute approximate surface area is 147 Å². The molecule has 0 spiro atoms. The Morgan fingerprint density at radius 1 is 1.12 bits per heavy atom. The number of anilines is 1. The fraction of sp³-hybridized carbons (Fsp3) is 0.444. The van der Waals surface area contributed by atoms with Gasteiger partial charge in [-0.05, 0) is 36.1 Å². The van der Waals surface area contributed by atoms with Crippen LogP contribution in [0.5, 0.6) is 0 Å². The van der Waals surface area contributed by atoms with Crippen molar-refractivity contribution in [2.24, 2.45) is 5.92 Å². The fourth-order valence-corrected chi connectivity index (χ4v) is 3.88. The number of hydrogen-bond donors (Lipinski definition) is 2. The molecule has 1 aromatic carbocycles. The van der Waals surface area contributed by atoms with Gasteiger partial charge in [0.05, 0.1) is 6.04 Å². The third-order valence-electron chi connectivity index (χ3n) is 5.20. The van der Waals surface area contributed by atoms with Gasteiger partial charge in [-0.1, -0.05) is 42.8 Å². The van der Waals surface area contributed by atoms with Crippen LogP contribution in [0.15, 0.2) is 36.4 Å². The predicted molar refractivity (Wildman–Crippen MR) is 96.0 cm³/mol. The molecule has 2 aliphatic rings. The Morgan fingerprint density at radius 3 is 2.67 bits per heavy atom. The van der Waals surface area contributed by atoms with Gasteiger partial charge in [0.1, 0.15) is 0 Å². The standard InChI is InChI=1S/C18H22ClN5/c1-2-12-3-5-13(6-4-12)18-14-11-24(10-9-15(14)20-23-18)17-8-7-16(19)21-22-17/h3-8,14-15,18,20,23H,2,9-11H2,1H3. The van der Waals surface area contributed by atoms with Gasteiger partial charge < -0.3 is 4.90 Å². The number of fused-ring (bicyclic) bond motifs is 1. The van der Waals surface area contributed by atoms with Gasteiger partial charge in [0.25, 0.3) is 0 Å². The first kappa shape index (κ1) is 15.8. The Hall–Kier alpha value is -1.69. The average molecular weight is 344 g/mol. The first-order valence-electron chi connectivity index (χ1n) is 8.58. The highest BCUT2D eigenvalue weighted by Gasteiger charge is 2.40. The Kier molecular flexibility index (Phi) is 4.39. The molecule has 3 unspecified atom stereocenters. The van der Waals surface area contributed by atoms with Gasteiger partial charge in [0.15, 0.2) is 11.0 Å². The lowest BCUT2D eigenvalue weighted by Gasteiger charge is -2.36. The van der Waals surface area contributed by atoms with Gasteiger partial charge in [-0.15, -0.1) is 10.2 Å². The third kappa shape index (κ3) is 2.99. The average Bonchev–Trinajstić information content (AvgIpc) is 3.05. The summed E-state index contributed by atoms with van der Waals surface area (Å²) in [5.41, 5.74) is 9.70. The molecule has 2 aromatic rings. The summed E-state index contributed by atoms with van der Waals surface area (Å²) in [6.45, 7) is 4.13. The number of benzene rings is 1. The van der Waals surface area contributed by atoms with Crippen LogP contribution in [0.1, 0.15) is 30.5 Å². The lowest BCUT2D eigenvalue weighted by atomic mass is 9.85. The molecule has 1 aromatic heterocycles. The number of nitrogens with one attached hydrogen (secondary N) is 2. The van der Waals surface area contributed by atoms with Crippen molar-refractivity contribution in [2.45, 2.75) is 31.8 Å². The van der Waals surface area contributed by atoms with Crippen molar-refractivity contribution < 1.29 is 0 Å². The molecule has 2 aliphatic heterocycles. The summed E-state index contributed by atoms with van der Waals surface area (Å²) >= 11 is 5.86. The van der Waals surface area contributed by atoms with Crippen molar-refractivity contribution >= 4 is 17.4 Å². The molecule has 0 radical (unpaired) electrons. The minimum Gasteiger partial charge on any atom is -0.355 e. The number of piperidine rings is 1. The molecule has 4 rings (SSSR count). The van der Waals surface area contributed by atoms with E-state index in [2.05, 4.69) is 57.1 Å². The van der Waals surface area contributed by atoms with E-state index in [0.717, 1.165) is 31.7 Å². The van der Waals surface area contributed by atoms with E-state index < -0.39 is 0 Å². The number of aryl methyl sites for hydroxylation is 1. The van der Waals surface area contributed by atoms with E-state index in [1.807, 2.05) is 12.1 Å². The van der Waals surface area contributed by atoms with E-state index in [1.54, 1.807) is 0 Å². The maximum Gasteiger partial charge on any atom is 0.151 e. The van der Waals surface area contributed by atoms with Crippen LogP contribution >= 0.6 is 11.6 Å².